The molecule has 156 valence electrons. The van der Waals surface area contributed by atoms with Gasteiger partial charge in [0.25, 0.3) is 0 Å². The van der Waals surface area contributed by atoms with Gasteiger partial charge in [0, 0.05) is 43.5 Å². The molecule has 0 spiro atoms. The van der Waals surface area contributed by atoms with Crippen molar-refractivity contribution in [1.29, 1.82) is 5.26 Å². The summed E-state index contributed by atoms with van der Waals surface area (Å²) in [5.74, 6) is -2.66. The second-order valence-electron chi connectivity index (χ2n) is 6.51. The van der Waals surface area contributed by atoms with Crippen LogP contribution in [0.4, 0.5) is 19.3 Å². The van der Waals surface area contributed by atoms with Crippen molar-refractivity contribution in [3.8, 4) is 17.6 Å². The molecule has 11 heteroatoms. The number of ether oxygens (including phenoxy) is 1. The van der Waals surface area contributed by atoms with Gasteiger partial charge in [0.15, 0.2) is 17.4 Å². The minimum atomic E-state index is -1.03. The van der Waals surface area contributed by atoms with E-state index < -0.39 is 23.4 Å². The Kier molecular flexibility index (Phi) is 5.19. The highest BCUT2D eigenvalue weighted by Gasteiger charge is 2.18. The lowest BCUT2D eigenvalue weighted by atomic mass is 10.2. The van der Waals surface area contributed by atoms with Gasteiger partial charge in [0.1, 0.15) is 17.5 Å². The number of rotatable bonds is 5. The molecule has 4 aromatic rings. The zero-order valence-corrected chi connectivity index (χ0v) is 16.1. The van der Waals surface area contributed by atoms with Gasteiger partial charge < -0.3 is 20.4 Å². The number of aromatic nitrogens is 4. The van der Waals surface area contributed by atoms with Gasteiger partial charge in [0.2, 0.25) is 0 Å². The van der Waals surface area contributed by atoms with Crippen LogP contribution in [0.3, 0.4) is 0 Å². The molecule has 2 amide bonds. The number of benzene rings is 1. The van der Waals surface area contributed by atoms with Crippen molar-refractivity contribution >= 4 is 22.8 Å². The van der Waals surface area contributed by atoms with E-state index in [2.05, 4.69) is 25.7 Å². The van der Waals surface area contributed by atoms with Crippen LogP contribution in [0, 0.1) is 23.0 Å². The van der Waals surface area contributed by atoms with Gasteiger partial charge in [0.05, 0.1) is 23.2 Å². The molecule has 0 aliphatic heterocycles. The van der Waals surface area contributed by atoms with E-state index in [0.29, 0.717) is 16.7 Å². The lowest BCUT2D eigenvalue weighted by Crippen LogP contribution is -2.28. The second-order valence-corrected chi connectivity index (χ2v) is 6.51. The number of fused-ring (bicyclic) bond motifs is 1. The zero-order valence-electron chi connectivity index (χ0n) is 16.1. The fourth-order valence-corrected chi connectivity index (χ4v) is 2.94. The molecule has 3 N–H and O–H groups in total. The topological polar surface area (TPSA) is 121 Å². The third-order valence-electron chi connectivity index (χ3n) is 4.32. The molecule has 0 radical (unpaired) electrons. The Morgan fingerprint density at radius 2 is 2.10 bits per heavy atom. The molecule has 0 fully saturated rings. The molecular weight excluding hydrogens is 408 g/mol. The summed E-state index contributed by atoms with van der Waals surface area (Å²) in [4.78, 5) is 18.8. The van der Waals surface area contributed by atoms with Gasteiger partial charge in [-0.25, -0.2) is 18.6 Å². The summed E-state index contributed by atoms with van der Waals surface area (Å²) in [6, 6.07) is 6.29. The summed E-state index contributed by atoms with van der Waals surface area (Å²) < 4.78 is 36.1. The number of nitriles is 1. The first-order valence-corrected chi connectivity index (χ1v) is 9.01. The van der Waals surface area contributed by atoms with Gasteiger partial charge in [-0.1, -0.05) is 0 Å². The van der Waals surface area contributed by atoms with E-state index in [1.807, 2.05) is 6.07 Å². The first kappa shape index (κ1) is 19.8. The van der Waals surface area contributed by atoms with Crippen LogP contribution in [0.15, 0.2) is 42.9 Å². The zero-order chi connectivity index (χ0) is 22.0. The number of carbonyl (C=O) groups is 1. The average Bonchev–Trinajstić information content (AvgIpc) is 3.35. The molecule has 0 atom stereocenters. The van der Waals surface area contributed by atoms with Gasteiger partial charge >= 0.3 is 6.03 Å². The molecule has 0 bridgehead atoms. The van der Waals surface area contributed by atoms with E-state index in [9.17, 15) is 18.8 Å². The number of nitrogens with one attached hydrogen (secondary N) is 3. The van der Waals surface area contributed by atoms with Crippen LogP contribution in [0.2, 0.25) is 0 Å². The number of nitrogens with zero attached hydrogens (tertiary/aromatic N) is 4. The number of aryl methyl sites for hydroxylation is 1. The van der Waals surface area contributed by atoms with Crippen LogP contribution in [0.25, 0.3) is 11.0 Å². The summed E-state index contributed by atoms with van der Waals surface area (Å²) in [6.07, 6.45) is 4.53. The van der Waals surface area contributed by atoms with Crippen LogP contribution >= 0.6 is 0 Å². The van der Waals surface area contributed by atoms with E-state index in [1.165, 1.54) is 18.5 Å². The number of aromatic amines is 1. The molecular formula is C20H15F2N7O2. The van der Waals surface area contributed by atoms with Gasteiger partial charge in [-0.15, -0.1) is 0 Å². The van der Waals surface area contributed by atoms with Crippen molar-refractivity contribution in [2.24, 2.45) is 7.05 Å². The largest absolute Gasteiger partial charge is 0.450 e. The third-order valence-corrected chi connectivity index (χ3v) is 4.32. The van der Waals surface area contributed by atoms with Crippen LogP contribution in [-0.2, 0) is 13.6 Å². The summed E-state index contributed by atoms with van der Waals surface area (Å²) in [6.45, 7) is 0.148. The smallest absolute Gasteiger partial charge is 0.319 e. The average molecular weight is 423 g/mol. The fourth-order valence-electron chi connectivity index (χ4n) is 2.94. The molecule has 0 unspecified atom stereocenters. The first-order chi connectivity index (χ1) is 14.9. The second kappa shape index (κ2) is 8.11. The van der Waals surface area contributed by atoms with Crippen LogP contribution in [-0.4, -0.2) is 25.8 Å². The van der Waals surface area contributed by atoms with E-state index in [1.54, 1.807) is 24.0 Å². The molecule has 0 aliphatic rings. The normalized spacial score (nSPS) is 10.6. The monoisotopic (exact) mass is 423 g/mol. The van der Waals surface area contributed by atoms with E-state index in [4.69, 9.17) is 4.74 Å². The molecule has 31 heavy (non-hydrogen) atoms. The fraction of sp³-hybridized carbons (Fsp3) is 0.100. The number of carbonyl (C=O) groups excluding carboxylic acids is 1. The molecule has 0 saturated carbocycles. The quantitative estimate of drug-likeness (QED) is 0.453. The lowest BCUT2D eigenvalue weighted by Gasteiger charge is -2.12. The van der Waals surface area contributed by atoms with Gasteiger partial charge in [-0.3, -0.25) is 4.68 Å². The van der Waals surface area contributed by atoms with Gasteiger partial charge in [-0.05, 0) is 12.1 Å². The van der Waals surface area contributed by atoms with Crippen LogP contribution in [0.1, 0.15) is 11.3 Å². The van der Waals surface area contributed by atoms with E-state index in [-0.39, 0.29) is 23.5 Å². The number of urea groups is 1. The Morgan fingerprint density at radius 3 is 2.77 bits per heavy atom. The van der Waals surface area contributed by atoms with Crippen LogP contribution in [0.5, 0.6) is 11.5 Å². The minimum Gasteiger partial charge on any atom is -0.450 e. The highest BCUT2D eigenvalue weighted by molar-refractivity contribution is 5.90. The summed E-state index contributed by atoms with van der Waals surface area (Å²) in [7, 11) is 1.74. The number of H-pyrrole nitrogens is 1. The molecule has 0 aliphatic carbocycles. The van der Waals surface area contributed by atoms with Crippen LogP contribution < -0.4 is 15.4 Å². The maximum atomic E-state index is 14.6. The molecule has 9 nitrogen and oxygen atoms in total. The molecule has 0 saturated heterocycles. The van der Waals surface area contributed by atoms with E-state index >= 15 is 0 Å². The molecule has 4 rings (SSSR count). The van der Waals surface area contributed by atoms with E-state index in [0.717, 1.165) is 12.1 Å². The Balaban J connectivity index is 1.51. The predicted molar refractivity (Wildman–Crippen MR) is 106 cm³/mol. The van der Waals surface area contributed by atoms with Crippen molar-refractivity contribution < 1.29 is 18.3 Å². The Morgan fingerprint density at radius 1 is 1.32 bits per heavy atom. The number of amides is 2. The summed E-state index contributed by atoms with van der Waals surface area (Å²) >= 11 is 0. The SMILES string of the molecule is Cn1ccc(CNC(=O)Nc2cc(F)c(Oc3ccnc4[nH]cc(C#N)c34)c(F)c2)n1. The number of halogens is 2. The Hall–Kier alpha value is -4.46. The van der Waals surface area contributed by atoms with Crippen molar-refractivity contribution in [3.05, 3.63) is 65.7 Å². The number of anilines is 1. The van der Waals surface area contributed by atoms with Crippen molar-refractivity contribution in [2.75, 3.05) is 5.32 Å². The highest BCUT2D eigenvalue weighted by Crippen LogP contribution is 2.34. The van der Waals surface area contributed by atoms with Crippen molar-refractivity contribution in [2.45, 2.75) is 6.54 Å². The van der Waals surface area contributed by atoms with Crippen molar-refractivity contribution in [3.63, 3.8) is 0 Å². The first-order valence-electron chi connectivity index (χ1n) is 9.01. The third kappa shape index (κ3) is 4.13. The predicted octanol–water partition coefficient (Wildman–Crippen LogP) is 3.56. The maximum absolute atomic E-state index is 14.6. The standard InChI is InChI=1S/C20H15F2N7O2/c1-29-5-3-12(28-29)10-26-20(30)27-13-6-14(21)18(15(22)7-13)31-16-2-4-24-19-17(16)11(8-23)9-25-19/h2-7,9H,10H2,1H3,(H,24,25)(H2,26,27,30). The highest BCUT2D eigenvalue weighted by atomic mass is 19.1. The summed E-state index contributed by atoms with van der Waals surface area (Å²) in [5.41, 5.74) is 1.10. The Bertz CT molecular complexity index is 1300. The van der Waals surface area contributed by atoms with Crippen molar-refractivity contribution in [1.82, 2.24) is 25.1 Å². The van der Waals surface area contributed by atoms with Gasteiger partial charge in [-0.2, -0.15) is 10.4 Å². The number of hydrogen-bond donors (Lipinski definition) is 3. The maximum Gasteiger partial charge on any atom is 0.319 e. The number of hydrogen-bond acceptors (Lipinski definition) is 5. The molecule has 3 heterocycles. The summed E-state index contributed by atoms with van der Waals surface area (Å²) in [5, 5.41) is 18.5. The molecule has 3 aromatic heterocycles. The minimum absolute atomic E-state index is 0.0643. The molecule has 1 aromatic carbocycles. The lowest BCUT2D eigenvalue weighted by molar-refractivity contribution is 0.251. The Labute approximate surface area is 174 Å². The number of pyridine rings is 1.